The lowest BCUT2D eigenvalue weighted by Gasteiger charge is -2.25. The molecule has 1 atom stereocenters. The van der Waals surface area contributed by atoms with Gasteiger partial charge >= 0.3 is 0 Å². The van der Waals surface area contributed by atoms with Crippen LogP contribution in [0.5, 0.6) is 0 Å². The van der Waals surface area contributed by atoms with Gasteiger partial charge in [0.25, 0.3) is 0 Å². The normalized spacial score (nSPS) is 13.0. The third kappa shape index (κ3) is 5.75. The minimum absolute atomic E-state index is 0. The van der Waals surface area contributed by atoms with E-state index in [1.807, 2.05) is 20.9 Å². The summed E-state index contributed by atoms with van der Waals surface area (Å²) in [5.41, 5.74) is 0.721. The van der Waals surface area contributed by atoms with Crippen LogP contribution in [0.1, 0.15) is 25.8 Å². The second-order valence-electron chi connectivity index (χ2n) is 4.46. The molecular formula is C13H24ClN3O2S. The van der Waals surface area contributed by atoms with Crippen LogP contribution in [0.3, 0.4) is 0 Å². The molecule has 0 aliphatic carbocycles. The molecule has 20 heavy (non-hydrogen) atoms. The SMILES string of the molecule is CCC(CN(CC)S(=O)(=O)Cc1cccnc1)NC.Cl. The average molecular weight is 322 g/mol. The molecule has 1 rings (SSSR count). The Balaban J connectivity index is 0.00000361. The molecule has 0 radical (unpaired) electrons. The highest BCUT2D eigenvalue weighted by Gasteiger charge is 2.23. The average Bonchev–Trinajstić information content (AvgIpc) is 2.40. The van der Waals surface area contributed by atoms with Crippen molar-refractivity contribution in [3.05, 3.63) is 30.1 Å². The van der Waals surface area contributed by atoms with Gasteiger partial charge in [-0.15, -0.1) is 12.4 Å². The van der Waals surface area contributed by atoms with Crippen molar-refractivity contribution in [1.82, 2.24) is 14.6 Å². The van der Waals surface area contributed by atoms with Gasteiger partial charge < -0.3 is 5.32 Å². The Labute approximate surface area is 128 Å². The number of hydrogen-bond acceptors (Lipinski definition) is 4. The highest BCUT2D eigenvalue weighted by Crippen LogP contribution is 2.11. The van der Waals surface area contributed by atoms with Crippen molar-refractivity contribution in [2.75, 3.05) is 20.1 Å². The van der Waals surface area contributed by atoms with Gasteiger partial charge in [-0.05, 0) is 25.1 Å². The smallest absolute Gasteiger partial charge is 0.218 e. The molecule has 116 valence electrons. The molecule has 0 saturated heterocycles. The summed E-state index contributed by atoms with van der Waals surface area (Å²) in [4.78, 5) is 3.95. The first-order valence-corrected chi connectivity index (χ1v) is 8.18. The van der Waals surface area contributed by atoms with E-state index in [0.29, 0.717) is 13.1 Å². The zero-order valence-corrected chi connectivity index (χ0v) is 13.9. The summed E-state index contributed by atoms with van der Waals surface area (Å²) in [6.07, 6.45) is 4.14. The molecule has 1 aromatic rings. The standard InChI is InChI=1S/C13H23N3O2S.ClH/c1-4-13(14-3)10-16(5-2)19(17,18)11-12-7-6-8-15-9-12;/h6-9,13-14H,4-5,10-11H2,1-3H3;1H. The third-order valence-electron chi connectivity index (χ3n) is 3.14. The molecule has 0 aliphatic heterocycles. The number of aromatic nitrogens is 1. The summed E-state index contributed by atoms with van der Waals surface area (Å²) in [5, 5.41) is 3.13. The fourth-order valence-electron chi connectivity index (χ4n) is 1.90. The van der Waals surface area contributed by atoms with E-state index in [4.69, 9.17) is 0 Å². The van der Waals surface area contributed by atoms with Gasteiger partial charge in [0.1, 0.15) is 0 Å². The molecule has 7 heteroatoms. The van der Waals surface area contributed by atoms with Crippen LogP contribution in [0.4, 0.5) is 0 Å². The second kappa shape index (κ2) is 9.28. The lowest BCUT2D eigenvalue weighted by atomic mass is 10.2. The summed E-state index contributed by atoms with van der Waals surface area (Å²) in [6.45, 7) is 4.90. The van der Waals surface area contributed by atoms with Crippen LogP contribution in [0.2, 0.25) is 0 Å². The largest absolute Gasteiger partial charge is 0.316 e. The molecule has 1 unspecified atom stereocenters. The molecule has 0 fully saturated rings. The van der Waals surface area contributed by atoms with Crippen LogP contribution in [0, 0.1) is 0 Å². The fraction of sp³-hybridized carbons (Fsp3) is 0.615. The Morgan fingerprint density at radius 1 is 1.40 bits per heavy atom. The summed E-state index contributed by atoms with van der Waals surface area (Å²) < 4.78 is 26.3. The molecule has 0 spiro atoms. The summed E-state index contributed by atoms with van der Waals surface area (Å²) in [7, 11) is -1.43. The van der Waals surface area contributed by atoms with Crippen LogP contribution in [0.25, 0.3) is 0 Å². The zero-order valence-electron chi connectivity index (χ0n) is 12.2. The number of sulfonamides is 1. The number of nitrogens with zero attached hydrogens (tertiary/aromatic N) is 2. The molecule has 0 bridgehead atoms. The van der Waals surface area contributed by atoms with E-state index in [-0.39, 0.29) is 24.2 Å². The Bertz CT molecular complexity index is 464. The third-order valence-corrected chi connectivity index (χ3v) is 5.04. The van der Waals surface area contributed by atoms with Gasteiger partial charge in [-0.2, -0.15) is 0 Å². The fourth-order valence-corrected chi connectivity index (χ4v) is 3.47. The number of nitrogens with one attached hydrogen (secondary N) is 1. The zero-order chi connectivity index (χ0) is 14.3. The van der Waals surface area contributed by atoms with Crippen molar-refractivity contribution in [2.45, 2.75) is 32.1 Å². The van der Waals surface area contributed by atoms with Crippen molar-refractivity contribution in [3.63, 3.8) is 0 Å². The molecule has 1 heterocycles. The first-order valence-electron chi connectivity index (χ1n) is 6.57. The Morgan fingerprint density at radius 2 is 2.10 bits per heavy atom. The van der Waals surface area contributed by atoms with Gasteiger partial charge in [-0.1, -0.05) is 19.9 Å². The quantitative estimate of drug-likeness (QED) is 0.791. The molecule has 0 aromatic carbocycles. The number of likely N-dealkylation sites (N-methyl/N-ethyl adjacent to an activating group) is 2. The predicted molar refractivity (Wildman–Crippen MR) is 84.5 cm³/mol. The first kappa shape index (κ1) is 19.3. The molecule has 0 saturated carbocycles. The minimum atomic E-state index is -3.29. The molecule has 0 aliphatic rings. The van der Waals surface area contributed by atoms with Gasteiger partial charge in [0.05, 0.1) is 5.75 Å². The number of rotatable bonds is 8. The maximum Gasteiger partial charge on any atom is 0.218 e. The lowest BCUT2D eigenvalue weighted by Crippen LogP contribution is -2.42. The highest BCUT2D eigenvalue weighted by atomic mass is 35.5. The predicted octanol–water partition coefficient (Wildman–Crippen LogP) is 1.65. The van der Waals surface area contributed by atoms with E-state index in [0.717, 1.165) is 12.0 Å². The van der Waals surface area contributed by atoms with Crippen LogP contribution in [-0.4, -0.2) is 43.9 Å². The second-order valence-corrected chi connectivity index (χ2v) is 6.43. The van der Waals surface area contributed by atoms with Crippen LogP contribution < -0.4 is 5.32 Å². The van der Waals surface area contributed by atoms with Crippen molar-refractivity contribution in [3.8, 4) is 0 Å². The van der Waals surface area contributed by atoms with Gasteiger partial charge in [0.2, 0.25) is 10.0 Å². The monoisotopic (exact) mass is 321 g/mol. The number of pyridine rings is 1. The van der Waals surface area contributed by atoms with Crippen LogP contribution in [0.15, 0.2) is 24.5 Å². The van der Waals surface area contributed by atoms with Crippen LogP contribution >= 0.6 is 12.4 Å². The minimum Gasteiger partial charge on any atom is -0.316 e. The van der Waals surface area contributed by atoms with Gasteiger partial charge in [0, 0.05) is 31.5 Å². The Morgan fingerprint density at radius 3 is 2.55 bits per heavy atom. The number of hydrogen-bond donors (Lipinski definition) is 1. The van der Waals surface area contributed by atoms with E-state index in [9.17, 15) is 8.42 Å². The van der Waals surface area contributed by atoms with Crippen LogP contribution in [-0.2, 0) is 15.8 Å². The molecular weight excluding hydrogens is 298 g/mol. The Hall–Kier alpha value is -0.690. The van der Waals surface area contributed by atoms with Gasteiger partial charge in [0.15, 0.2) is 0 Å². The summed E-state index contributed by atoms with van der Waals surface area (Å²) in [6, 6.07) is 3.72. The number of halogens is 1. The van der Waals surface area contributed by atoms with E-state index in [2.05, 4.69) is 10.3 Å². The first-order chi connectivity index (χ1) is 9.03. The van der Waals surface area contributed by atoms with Crippen molar-refractivity contribution in [2.24, 2.45) is 0 Å². The maximum atomic E-state index is 12.4. The lowest BCUT2D eigenvalue weighted by molar-refractivity contribution is 0.368. The molecule has 0 amide bonds. The van der Waals surface area contributed by atoms with Crippen molar-refractivity contribution in [1.29, 1.82) is 0 Å². The van der Waals surface area contributed by atoms with Gasteiger partial charge in [-0.25, -0.2) is 12.7 Å². The van der Waals surface area contributed by atoms with Crippen molar-refractivity contribution < 1.29 is 8.42 Å². The molecule has 1 aromatic heterocycles. The van der Waals surface area contributed by atoms with E-state index < -0.39 is 10.0 Å². The van der Waals surface area contributed by atoms with Gasteiger partial charge in [-0.3, -0.25) is 4.98 Å². The Kier molecular flexibility index (Phi) is 8.96. The summed E-state index contributed by atoms with van der Waals surface area (Å²) in [5.74, 6) is 0.00876. The molecule has 5 nitrogen and oxygen atoms in total. The van der Waals surface area contributed by atoms with E-state index >= 15 is 0 Å². The van der Waals surface area contributed by atoms with E-state index in [1.165, 1.54) is 4.31 Å². The van der Waals surface area contributed by atoms with E-state index in [1.54, 1.807) is 24.5 Å². The summed E-state index contributed by atoms with van der Waals surface area (Å²) >= 11 is 0. The maximum absolute atomic E-state index is 12.4. The van der Waals surface area contributed by atoms with Crippen molar-refractivity contribution >= 4 is 22.4 Å². The highest BCUT2D eigenvalue weighted by molar-refractivity contribution is 7.88. The molecule has 1 N–H and O–H groups in total. The topological polar surface area (TPSA) is 62.3 Å².